The first kappa shape index (κ1) is 11.9. The molecule has 0 aliphatic rings. The molecular formula is C11H15NO2S. The van der Waals surface area contributed by atoms with Crippen LogP contribution in [0.1, 0.15) is 12.1 Å². The summed E-state index contributed by atoms with van der Waals surface area (Å²) in [6.07, 6.45) is 4.23. The maximum absolute atomic E-state index is 10.8. The van der Waals surface area contributed by atoms with Crippen LogP contribution in [0.4, 0.5) is 0 Å². The largest absolute Gasteiger partial charge is 0.778 e. The van der Waals surface area contributed by atoms with Gasteiger partial charge in [0.2, 0.25) is 5.69 Å². The van der Waals surface area contributed by atoms with E-state index in [1.807, 2.05) is 29.0 Å². The number of rotatable bonds is 5. The van der Waals surface area contributed by atoms with Crippen molar-refractivity contribution < 1.29 is 13.3 Å². The lowest BCUT2D eigenvalue weighted by Crippen LogP contribution is -2.37. The van der Waals surface area contributed by atoms with Crippen LogP contribution in [0.5, 0.6) is 0 Å². The molecule has 1 unspecified atom stereocenters. The lowest BCUT2D eigenvalue weighted by Gasteiger charge is -2.10. The Morgan fingerprint density at radius 3 is 2.87 bits per heavy atom. The zero-order chi connectivity index (χ0) is 11.3. The van der Waals surface area contributed by atoms with Crippen molar-refractivity contribution in [3.63, 3.8) is 0 Å². The van der Waals surface area contributed by atoms with Crippen LogP contribution in [0.3, 0.4) is 0 Å². The number of hydrogen-bond acceptors (Lipinski definition) is 2. The van der Waals surface area contributed by atoms with Crippen LogP contribution >= 0.6 is 0 Å². The lowest BCUT2D eigenvalue weighted by atomic mass is 10.3. The van der Waals surface area contributed by atoms with Gasteiger partial charge in [-0.15, -0.1) is 0 Å². The van der Waals surface area contributed by atoms with Crippen molar-refractivity contribution in [3.8, 4) is 0 Å². The second-order valence-electron chi connectivity index (χ2n) is 3.32. The summed E-state index contributed by atoms with van der Waals surface area (Å²) in [6.45, 7) is 4.36. The van der Waals surface area contributed by atoms with Crippen LogP contribution in [0.2, 0.25) is 0 Å². The van der Waals surface area contributed by atoms with E-state index in [0.717, 1.165) is 5.69 Å². The number of aryl methyl sites for hydroxylation is 1. The number of nitrogens with zero attached hydrogens (tertiary/aromatic N) is 1. The molecule has 0 spiro atoms. The van der Waals surface area contributed by atoms with Gasteiger partial charge < -0.3 is 4.55 Å². The fourth-order valence-corrected chi connectivity index (χ4v) is 1.90. The highest BCUT2D eigenvalue weighted by atomic mass is 32.2. The Hall–Kier alpha value is -1.13. The molecule has 1 atom stereocenters. The fraction of sp³-hybridized carbons (Fsp3) is 0.273. The van der Waals surface area contributed by atoms with Crippen LogP contribution < -0.4 is 4.57 Å². The Bertz CT molecular complexity index is 438. The maximum Gasteiger partial charge on any atom is 0.204 e. The number of aromatic nitrogens is 1. The Balaban J connectivity index is 2.61. The van der Waals surface area contributed by atoms with E-state index in [4.69, 9.17) is 0 Å². The van der Waals surface area contributed by atoms with E-state index in [1.54, 1.807) is 6.08 Å². The van der Waals surface area contributed by atoms with Gasteiger partial charge in [-0.3, -0.25) is 4.21 Å². The van der Waals surface area contributed by atoms with Gasteiger partial charge in [0.05, 0.1) is 0 Å². The van der Waals surface area contributed by atoms with Crippen molar-refractivity contribution in [2.24, 2.45) is 0 Å². The molecule has 15 heavy (non-hydrogen) atoms. The molecule has 1 heterocycles. The summed E-state index contributed by atoms with van der Waals surface area (Å²) in [5.74, 6) is 3.20. The Morgan fingerprint density at radius 2 is 2.27 bits per heavy atom. The highest BCUT2D eigenvalue weighted by molar-refractivity contribution is 7.94. The zero-order valence-corrected chi connectivity index (χ0v) is 9.41. The maximum atomic E-state index is 10.8. The van der Waals surface area contributed by atoms with E-state index in [-0.39, 0.29) is 5.75 Å². The minimum Gasteiger partial charge on any atom is -0.778 e. The summed E-state index contributed by atoms with van der Waals surface area (Å²) in [5.41, 5.74) is 0.985. The van der Waals surface area contributed by atoms with Gasteiger partial charge in [-0.25, -0.2) is 0 Å². The summed E-state index contributed by atoms with van der Waals surface area (Å²) >= 11 is 0. The third kappa shape index (κ3) is 4.27. The summed E-state index contributed by atoms with van der Waals surface area (Å²) in [6, 6.07) is 5.77. The van der Waals surface area contributed by atoms with Gasteiger partial charge in [0.1, 0.15) is 6.54 Å². The molecule has 0 saturated carbocycles. The molecule has 0 fully saturated rings. The van der Waals surface area contributed by atoms with E-state index in [1.165, 1.54) is 0 Å². The van der Waals surface area contributed by atoms with Gasteiger partial charge in [0, 0.05) is 30.4 Å². The molecule has 0 aromatic carbocycles. The molecule has 4 heteroatoms. The van der Waals surface area contributed by atoms with Crippen LogP contribution in [0.15, 0.2) is 31.0 Å². The van der Waals surface area contributed by atoms with Gasteiger partial charge in [0.25, 0.3) is 0 Å². The first-order chi connectivity index (χ1) is 7.03. The monoisotopic (exact) mass is 225 g/mol. The molecule has 82 valence electrons. The third-order valence-corrected chi connectivity index (χ3v) is 2.95. The molecule has 1 aromatic heterocycles. The number of hydrogen-bond donors (Lipinski definition) is 0. The molecule has 1 rings (SSSR count). The topological polar surface area (TPSA) is 44.0 Å². The predicted octanol–water partition coefficient (Wildman–Crippen LogP) is 0.854. The van der Waals surface area contributed by atoms with Crippen molar-refractivity contribution >= 4 is 21.7 Å². The van der Waals surface area contributed by atoms with E-state index >= 15 is 0 Å². The molecule has 0 radical (unpaired) electrons. The van der Waals surface area contributed by atoms with Gasteiger partial charge in [-0.2, -0.15) is 4.57 Å². The Kier molecular flexibility index (Phi) is 4.05. The molecule has 0 N–H and O–H groups in total. The van der Waals surface area contributed by atoms with Crippen LogP contribution in [-0.4, -0.2) is 20.4 Å². The Labute approximate surface area is 90.9 Å². The van der Waals surface area contributed by atoms with Gasteiger partial charge >= 0.3 is 0 Å². The average Bonchev–Trinajstić information content (AvgIpc) is 2.16. The average molecular weight is 225 g/mol. The molecule has 0 bridgehead atoms. The van der Waals surface area contributed by atoms with Crippen LogP contribution in [0, 0.1) is 0 Å². The first-order valence-corrected chi connectivity index (χ1v) is 6.52. The molecule has 1 aromatic rings. The smallest absolute Gasteiger partial charge is 0.204 e. The standard InChI is InChI=1S/C11H15NO2S/c1-3-11-7-4-5-8-12(11)9-6-10-15(2,13)14/h3-5,7-8H,1-2,6,9-10H2. The summed E-state index contributed by atoms with van der Waals surface area (Å²) in [4.78, 5) is 0. The van der Waals surface area contributed by atoms with Gasteiger partial charge in [0.15, 0.2) is 6.20 Å². The quantitative estimate of drug-likeness (QED) is 0.551. The molecule has 0 aliphatic heterocycles. The molecular weight excluding hydrogens is 210 g/mol. The summed E-state index contributed by atoms with van der Waals surface area (Å²) in [5, 5.41) is 0. The predicted molar refractivity (Wildman–Crippen MR) is 62.3 cm³/mol. The minimum atomic E-state index is -3.10. The summed E-state index contributed by atoms with van der Waals surface area (Å²) < 4.78 is 23.6. The SMILES string of the molecule is C=Cc1cccc[n+]1CCCS(=C)(=O)[O-]. The first-order valence-electron chi connectivity index (χ1n) is 4.69. The van der Waals surface area contributed by atoms with Crippen molar-refractivity contribution in [1.29, 1.82) is 0 Å². The van der Waals surface area contributed by atoms with Crippen molar-refractivity contribution in [2.75, 3.05) is 5.75 Å². The van der Waals surface area contributed by atoms with Crippen molar-refractivity contribution in [1.82, 2.24) is 0 Å². The normalized spacial score (nSPS) is 14.5. The molecule has 0 saturated heterocycles. The Morgan fingerprint density at radius 1 is 1.53 bits per heavy atom. The van der Waals surface area contributed by atoms with Crippen LogP contribution in [0.25, 0.3) is 6.08 Å². The lowest BCUT2D eigenvalue weighted by molar-refractivity contribution is -0.698. The second kappa shape index (κ2) is 5.09. The molecule has 0 amide bonds. The summed E-state index contributed by atoms with van der Waals surface area (Å²) in [7, 11) is -3.10. The highest BCUT2D eigenvalue weighted by Crippen LogP contribution is 1.95. The minimum absolute atomic E-state index is 0.117. The molecule has 0 aliphatic carbocycles. The van der Waals surface area contributed by atoms with E-state index in [2.05, 4.69) is 12.4 Å². The second-order valence-corrected chi connectivity index (χ2v) is 5.22. The van der Waals surface area contributed by atoms with Crippen LogP contribution in [-0.2, 0) is 16.3 Å². The molecule has 3 nitrogen and oxygen atoms in total. The van der Waals surface area contributed by atoms with Crippen molar-refractivity contribution in [3.05, 3.63) is 36.7 Å². The van der Waals surface area contributed by atoms with Gasteiger partial charge in [-0.05, 0) is 6.07 Å². The number of pyridine rings is 1. The van der Waals surface area contributed by atoms with Gasteiger partial charge in [-0.1, -0.05) is 22.3 Å². The fourth-order valence-electron chi connectivity index (χ4n) is 1.33. The van der Waals surface area contributed by atoms with E-state index < -0.39 is 9.80 Å². The van der Waals surface area contributed by atoms with E-state index in [9.17, 15) is 8.76 Å². The van der Waals surface area contributed by atoms with E-state index in [0.29, 0.717) is 13.0 Å². The van der Waals surface area contributed by atoms with Crippen molar-refractivity contribution in [2.45, 2.75) is 13.0 Å². The highest BCUT2D eigenvalue weighted by Gasteiger charge is 2.04. The third-order valence-electron chi connectivity index (χ3n) is 2.04. The zero-order valence-electron chi connectivity index (χ0n) is 8.59.